The lowest BCUT2D eigenvalue weighted by atomic mass is 9.99. The summed E-state index contributed by atoms with van der Waals surface area (Å²) >= 11 is 0. The average Bonchev–Trinajstić information content (AvgIpc) is 3.22. The minimum absolute atomic E-state index is 0. The summed E-state index contributed by atoms with van der Waals surface area (Å²) in [5.74, 6) is 4.37. The molecule has 0 saturated carbocycles. The van der Waals surface area contributed by atoms with Crippen molar-refractivity contribution < 1.29 is 33.2 Å². The molecule has 0 atom stereocenters. The van der Waals surface area contributed by atoms with E-state index in [-0.39, 0.29) is 37.2 Å². The molecular formula is C42H51Cl3N4O7. The van der Waals surface area contributed by atoms with E-state index in [2.05, 4.69) is 50.1 Å². The molecule has 1 fully saturated rings. The van der Waals surface area contributed by atoms with Crippen molar-refractivity contribution in [3.63, 3.8) is 0 Å². The molecule has 11 nitrogen and oxygen atoms in total. The third kappa shape index (κ3) is 10.3. The second-order valence-electron chi connectivity index (χ2n) is 12.8. The Labute approximate surface area is 348 Å². The largest absolute Gasteiger partial charge is 0.497 e. The summed E-state index contributed by atoms with van der Waals surface area (Å²) in [5.41, 5.74) is 7.19. The Bertz CT molecular complexity index is 1960. The molecule has 0 radical (unpaired) electrons. The second-order valence-corrected chi connectivity index (χ2v) is 12.8. The molecule has 3 heterocycles. The number of hydrogen-bond donors (Lipinski definition) is 0. The smallest absolute Gasteiger partial charge is 0.203 e. The number of pyridine rings is 2. The molecular weight excluding hydrogens is 779 g/mol. The first-order chi connectivity index (χ1) is 25.9. The van der Waals surface area contributed by atoms with Gasteiger partial charge in [-0.25, -0.2) is 0 Å². The third-order valence-electron chi connectivity index (χ3n) is 9.73. The average molecular weight is 830 g/mol. The maximum absolute atomic E-state index is 5.64. The van der Waals surface area contributed by atoms with E-state index in [0.717, 1.165) is 77.3 Å². The number of halogens is 3. The lowest BCUT2D eigenvalue weighted by Crippen LogP contribution is -2.44. The number of ether oxygens (including phenoxy) is 7. The van der Waals surface area contributed by atoms with Gasteiger partial charge in [0.05, 0.1) is 49.8 Å². The number of anilines is 1. The first-order valence-electron chi connectivity index (χ1n) is 17.5. The number of methoxy groups -OCH3 is 7. The van der Waals surface area contributed by atoms with Gasteiger partial charge in [0.2, 0.25) is 11.5 Å². The fourth-order valence-electron chi connectivity index (χ4n) is 7.02. The van der Waals surface area contributed by atoms with E-state index in [0.29, 0.717) is 47.1 Å². The van der Waals surface area contributed by atoms with E-state index in [1.54, 1.807) is 49.8 Å². The van der Waals surface area contributed by atoms with Crippen LogP contribution in [0.4, 0.5) is 5.69 Å². The standard InChI is InChI=1S/C42H48N4O7.3ClH/c1-47-36-10-8-9-35(21-36)46(27-29-16-33(25-44-23-29)31-19-39(50-4)42(53-7)40(20-31)51-5)34-11-13-45(14-12-34)26-28-15-32(24-43-22-28)30-17-37(48-2)41(52-6)38(18-30)49-3;;;/h8-10,15-25,34H,11-14,26-27H2,1-7H3;3*1H. The highest BCUT2D eigenvalue weighted by molar-refractivity contribution is 5.86. The van der Waals surface area contributed by atoms with Crippen LogP contribution >= 0.6 is 37.2 Å². The molecule has 0 amide bonds. The first-order valence-corrected chi connectivity index (χ1v) is 17.5. The zero-order chi connectivity index (χ0) is 37.3. The number of rotatable bonds is 15. The van der Waals surface area contributed by atoms with Crippen molar-refractivity contribution >= 4 is 42.9 Å². The second kappa shape index (κ2) is 21.5. The van der Waals surface area contributed by atoms with Gasteiger partial charge >= 0.3 is 0 Å². The molecule has 1 aliphatic heterocycles. The van der Waals surface area contributed by atoms with Gasteiger partial charge < -0.3 is 38.1 Å². The van der Waals surface area contributed by atoms with E-state index in [9.17, 15) is 0 Å². The molecule has 0 unspecified atom stereocenters. The van der Waals surface area contributed by atoms with Crippen molar-refractivity contribution in [1.29, 1.82) is 0 Å². The number of likely N-dealkylation sites (tertiary alicyclic amines) is 1. The monoisotopic (exact) mass is 828 g/mol. The van der Waals surface area contributed by atoms with E-state index < -0.39 is 0 Å². The Morgan fingerprint density at radius 2 is 1.04 bits per heavy atom. The van der Waals surface area contributed by atoms with Crippen LogP contribution in [0.3, 0.4) is 0 Å². The van der Waals surface area contributed by atoms with Crippen LogP contribution in [0.15, 0.2) is 85.5 Å². The molecule has 0 N–H and O–H groups in total. The highest BCUT2D eigenvalue weighted by Crippen LogP contribution is 2.42. The van der Waals surface area contributed by atoms with Crippen molar-refractivity contribution in [2.24, 2.45) is 0 Å². The molecule has 6 rings (SSSR count). The van der Waals surface area contributed by atoms with Crippen LogP contribution in [0.5, 0.6) is 40.2 Å². The number of piperidine rings is 1. The first kappa shape index (κ1) is 45.6. The predicted octanol–water partition coefficient (Wildman–Crippen LogP) is 8.81. The maximum atomic E-state index is 5.64. The minimum atomic E-state index is 0. The number of hydrogen-bond acceptors (Lipinski definition) is 11. The molecule has 14 heteroatoms. The van der Waals surface area contributed by atoms with Gasteiger partial charge in [0.1, 0.15) is 5.75 Å². The van der Waals surface area contributed by atoms with E-state index >= 15 is 0 Å². The van der Waals surface area contributed by atoms with Crippen LogP contribution in [0, 0.1) is 0 Å². The normalized spacial score (nSPS) is 12.6. The fraction of sp³-hybridized carbons (Fsp3) is 0.333. The van der Waals surface area contributed by atoms with E-state index in [4.69, 9.17) is 33.2 Å². The fourth-order valence-corrected chi connectivity index (χ4v) is 7.02. The maximum Gasteiger partial charge on any atom is 0.203 e. The summed E-state index contributed by atoms with van der Waals surface area (Å²) < 4.78 is 39.1. The summed E-state index contributed by atoms with van der Waals surface area (Å²) in [4.78, 5) is 14.2. The van der Waals surface area contributed by atoms with Crippen LogP contribution in [0.2, 0.25) is 0 Å². The summed E-state index contributed by atoms with van der Waals surface area (Å²) in [6.45, 7) is 3.38. The van der Waals surface area contributed by atoms with E-state index in [1.807, 2.05) is 55.1 Å². The molecule has 0 spiro atoms. The number of nitrogens with zero attached hydrogens (tertiary/aromatic N) is 4. The Morgan fingerprint density at radius 1 is 0.554 bits per heavy atom. The van der Waals surface area contributed by atoms with Gasteiger partial charge in [-0.15, -0.1) is 37.2 Å². The van der Waals surface area contributed by atoms with Gasteiger partial charge in [-0.05, 0) is 83.6 Å². The Morgan fingerprint density at radius 3 is 1.50 bits per heavy atom. The third-order valence-corrected chi connectivity index (χ3v) is 9.73. The van der Waals surface area contributed by atoms with Crippen LogP contribution in [0.1, 0.15) is 24.0 Å². The van der Waals surface area contributed by atoms with Crippen LogP contribution < -0.4 is 38.1 Å². The van der Waals surface area contributed by atoms with Crippen molar-refractivity contribution in [3.8, 4) is 62.5 Å². The molecule has 56 heavy (non-hydrogen) atoms. The van der Waals surface area contributed by atoms with Crippen LogP contribution in [0.25, 0.3) is 22.3 Å². The van der Waals surface area contributed by atoms with Crippen molar-refractivity contribution in [1.82, 2.24) is 14.9 Å². The van der Waals surface area contributed by atoms with Gasteiger partial charge in [0.15, 0.2) is 23.0 Å². The highest BCUT2D eigenvalue weighted by atomic mass is 35.5. The van der Waals surface area contributed by atoms with Crippen molar-refractivity contribution in [2.45, 2.75) is 32.0 Å². The highest BCUT2D eigenvalue weighted by Gasteiger charge is 2.26. The Hall–Kier alpha value is -4.81. The minimum Gasteiger partial charge on any atom is -0.497 e. The lowest BCUT2D eigenvalue weighted by Gasteiger charge is -2.40. The Kier molecular flexibility index (Phi) is 17.5. The zero-order valence-corrected chi connectivity index (χ0v) is 35.2. The molecule has 2 aromatic heterocycles. The van der Waals surface area contributed by atoms with Crippen molar-refractivity contribution in [2.75, 3.05) is 67.8 Å². The van der Waals surface area contributed by atoms with Gasteiger partial charge in [0, 0.05) is 79.9 Å². The molecule has 0 bridgehead atoms. The molecule has 1 saturated heterocycles. The van der Waals surface area contributed by atoms with Crippen molar-refractivity contribution in [3.05, 3.63) is 96.6 Å². The molecule has 302 valence electrons. The summed E-state index contributed by atoms with van der Waals surface area (Å²) in [5, 5.41) is 0. The van der Waals surface area contributed by atoms with Gasteiger partial charge in [-0.1, -0.05) is 6.07 Å². The quantitative estimate of drug-likeness (QED) is 0.101. The molecule has 3 aromatic carbocycles. The molecule has 0 aliphatic carbocycles. The zero-order valence-electron chi connectivity index (χ0n) is 32.8. The predicted molar refractivity (Wildman–Crippen MR) is 228 cm³/mol. The topological polar surface area (TPSA) is 96.9 Å². The van der Waals surface area contributed by atoms with Crippen LogP contribution in [-0.2, 0) is 13.1 Å². The summed E-state index contributed by atoms with van der Waals surface area (Å²) in [6, 6.07) is 20.8. The molecule has 1 aliphatic rings. The Balaban J connectivity index is 0.00000280. The summed E-state index contributed by atoms with van der Waals surface area (Å²) in [7, 11) is 11.4. The summed E-state index contributed by atoms with van der Waals surface area (Å²) in [6.07, 6.45) is 9.62. The van der Waals surface area contributed by atoms with E-state index in [1.165, 1.54) is 0 Å². The van der Waals surface area contributed by atoms with Gasteiger partial charge in [-0.2, -0.15) is 0 Å². The SMILES string of the molecule is COc1cccc(N(Cc2cncc(-c3cc(OC)c(OC)c(OC)c3)c2)C2CCN(Cc3cncc(-c4cc(OC)c(OC)c(OC)c4)c3)CC2)c1.Cl.Cl.Cl. The number of benzene rings is 3. The van der Waals surface area contributed by atoms with Gasteiger partial charge in [0.25, 0.3) is 0 Å². The lowest BCUT2D eigenvalue weighted by molar-refractivity contribution is 0.200. The number of aromatic nitrogens is 2. The van der Waals surface area contributed by atoms with Gasteiger partial charge in [-0.3, -0.25) is 14.9 Å². The molecule has 5 aromatic rings. The van der Waals surface area contributed by atoms with Crippen LogP contribution in [-0.4, -0.2) is 83.8 Å².